The molecule has 0 bridgehead atoms. The van der Waals surface area contributed by atoms with Gasteiger partial charge in [-0.05, 0) is 30.3 Å². The topological polar surface area (TPSA) is 198 Å². The van der Waals surface area contributed by atoms with Crippen LogP contribution in [0.4, 0.5) is 22.7 Å². The first kappa shape index (κ1) is 22.3. The van der Waals surface area contributed by atoms with Gasteiger partial charge in [-0.2, -0.15) is 0 Å². The van der Waals surface area contributed by atoms with E-state index in [1.165, 1.54) is 30.3 Å². The molecule has 0 amide bonds. The maximum atomic E-state index is 11.2. The lowest BCUT2D eigenvalue weighted by molar-refractivity contribution is -0.393. The van der Waals surface area contributed by atoms with Crippen LogP contribution in [0.1, 0.15) is 0 Å². The average molecular weight is 437 g/mol. The van der Waals surface area contributed by atoms with E-state index in [4.69, 9.17) is 9.47 Å². The van der Waals surface area contributed by atoms with E-state index < -0.39 is 58.5 Å². The van der Waals surface area contributed by atoms with E-state index in [1.807, 2.05) is 0 Å². The molecule has 1 saturated heterocycles. The van der Waals surface area contributed by atoms with E-state index in [2.05, 4.69) is 5.32 Å². The summed E-state index contributed by atoms with van der Waals surface area (Å²) < 4.78 is 10.7. The maximum Gasteiger partial charge on any atom is 0.299 e. The van der Waals surface area contributed by atoms with Gasteiger partial charge < -0.3 is 35.2 Å². The zero-order chi connectivity index (χ0) is 22.7. The minimum Gasteiger partial charge on any atom is -0.462 e. The molecule has 0 radical (unpaired) electrons. The Bertz CT molecular complexity index is 952. The van der Waals surface area contributed by atoms with Gasteiger partial charge in [0.25, 0.3) is 11.4 Å². The van der Waals surface area contributed by atoms with Crippen molar-refractivity contribution in [1.82, 2.24) is 0 Å². The highest BCUT2D eigenvalue weighted by molar-refractivity contribution is 5.71. The van der Waals surface area contributed by atoms with E-state index in [-0.39, 0.29) is 11.4 Å². The molecule has 5 atom stereocenters. The maximum absolute atomic E-state index is 11.2. The van der Waals surface area contributed by atoms with Crippen LogP contribution in [0.25, 0.3) is 0 Å². The van der Waals surface area contributed by atoms with Gasteiger partial charge in [0.15, 0.2) is 0 Å². The number of nitrogens with one attached hydrogen (secondary N) is 1. The number of aliphatic hydroxyl groups is 4. The molecule has 1 aliphatic rings. The van der Waals surface area contributed by atoms with Crippen molar-refractivity contribution < 1.29 is 39.7 Å². The number of benzene rings is 2. The van der Waals surface area contributed by atoms with Gasteiger partial charge in [0.1, 0.15) is 35.9 Å². The summed E-state index contributed by atoms with van der Waals surface area (Å²) in [7, 11) is 0. The normalized spacial score (nSPS) is 25.6. The molecule has 3 rings (SSSR count). The Morgan fingerprint density at radius 2 is 1.65 bits per heavy atom. The first-order valence-corrected chi connectivity index (χ1v) is 8.98. The Balaban J connectivity index is 1.72. The minimum absolute atomic E-state index is 0.0400. The Labute approximate surface area is 174 Å². The molecule has 166 valence electrons. The van der Waals surface area contributed by atoms with Gasteiger partial charge in [-0.3, -0.25) is 20.2 Å². The second kappa shape index (κ2) is 9.20. The third-order valence-corrected chi connectivity index (χ3v) is 4.62. The number of aliphatic hydroxyl groups excluding tert-OH is 4. The van der Waals surface area contributed by atoms with E-state index in [0.29, 0.717) is 5.69 Å². The zero-order valence-electron chi connectivity index (χ0n) is 15.8. The fraction of sp³-hybridized carbons (Fsp3) is 0.333. The largest absolute Gasteiger partial charge is 0.462 e. The van der Waals surface area contributed by atoms with E-state index >= 15 is 0 Å². The summed E-state index contributed by atoms with van der Waals surface area (Å²) in [6.45, 7) is -0.596. The summed E-state index contributed by atoms with van der Waals surface area (Å²) in [5.41, 5.74) is -0.451. The van der Waals surface area contributed by atoms with Crippen molar-refractivity contribution in [2.24, 2.45) is 0 Å². The lowest BCUT2D eigenvalue weighted by Gasteiger charge is -2.39. The van der Waals surface area contributed by atoms with Gasteiger partial charge in [0.05, 0.1) is 22.5 Å². The van der Waals surface area contributed by atoms with Crippen molar-refractivity contribution in [3.8, 4) is 5.75 Å². The molecule has 1 aliphatic heterocycles. The number of nitro groups is 2. The third kappa shape index (κ3) is 4.87. The highest BCUT2D eigenvalue weighted by atomic mass is 16.7. The van der Waals surface area contributed by atoms with E-state index in [1.54, 1.807) is 0 Å². The van der Waals surface area contributed by atoms with Crippen molar-refractivity contribution in [2.45, 2.75) is 30.7 Å². The van der Waals surface area contributed by atoms with Crippen molar-refractivity contribution >= 4 is 22.7 Å². The quantitative estimate of drug-likeness (QED) is 0.297. The number of rotatable bonds is 7. The van der Waals surface area contributed by atoms with Crippen LogP contribution < -0.4 is 10.1 Å². The molecule has 0 unspecified atom stereocenters. The second-order valence-corrected chi connectivity index (χ2v) is 6.68. The van der Waals surface area contributed by atoms with Crippen molar-refractivity contribution in [1.29, 1.82) is 0 Å². The third-order valence-electron chi connectivity index (χ3n) is 4.62. The fourth-order valence-electron chi connectivity index (χ4n) is 2.96. The molecule has 31 heavy (non-hydrogen) atoms. The molecular weight excluding hydrogens is 418 g/mol. The lowest BCUT2D eigenvalue weighted by Crippen LogP contribution is -2.60. The fourth-order valence-corrected chi connectivity index (χ4v) is 2.96. The molecule has 1 heterocycles. The summed E-state index contributed by atoms with van der Waals surface area (Å²) in [5.74, 6) is 0.202. The van der Waals surface area contributed by atoms with Gasteiger partial charge >= 0.3 is 0 Å². The molecule has 5 N–H and O–H groups in total. The summed E-state index contributed by atoms with van der Waals surface area (Å²) in [6, 6.07) is 9.07. The van der Waals surface area contributed by atoms with Gasteiger partial charge in [-0.25, -0.2) is 0 Å². The number of non-ortho nitro benzene ring substituents is 1. The smallest absolute Gasteiger partial charge is 0.299 e. The Morgan fingerprint density at radius 1 is 0.968 bits per heavy atom. The van der Waals surface area contributed by atoms with Gasteiger partial charge in [-0.15, -0.1) is 0 Å². The number of ether oxygens (including phenoxy) is 2. The predicted octanol–water partition coefficient (Wildman–Crippen LogP) is 0.425. The SMILES string of the molecule is O=[N+]([O-])c1ccc(Nc2ccc(O[C@H]3O[C@H](CO)[C@@H](O)[C@H](O)[C@H]3O)cc2)c([N+](=O)[O-])c1. The molecular formula is C18H19N3O10. The van der Waals surface area contributed by atoms with Gasteiger partial charge in [0.2, 0.25) is 6.29 Å². The Hall–Kier alpha value is -3.36. The van der Waals surface area contributed by atoms with Crippen LogP contribution >= 0.6 is 0 Å². The minimum atomic E-state index is -1.58. The molecule has 0 aromatic heterocycles. The molecule has 2 aromatic carbocycles. The van der Waals surface area contributed by atoms with Crippen LogP contribution in [0.15, 0.2) is 42.5 Å². The lowest BCUT2D eigenvalue weighted by atomic mass is 9.99. The standard InChI is InChI=1S/C18H19N3O10/c22-8-14-15(23)16(24)17(25)18(31-14)30-11-4-1-9(2-5-11)19-12-6-3-10(20(26)27)7-13(12)21(28)29/h1-7,14-19,22-25H,8H2/t14-,15-,16+,17-,18+/m1/s1. The van der Waals surface area contributed by atoms with Crippen LogP contribution in [0.2, 0.25) is 0 Å². The number of hydrogen-bond donors (Lipinski definition) is 5. The summed E-state index contributed by atoms with van der Waals surface area (Å²) >= 11 is 0. The first-order chi connectivity index (χ1) is 14.7. The van der Waals surface area contributed by atoms with Crippen LogP contribution in [-0.4, -0.2) is 67.6 Å². The van der Waals surface area contributed by atoms with Crippen molar-refractivity contribution in [2.75, 3.05) is 11.9 Å². The van der Waals surface area contributed by atoms with Gasteiger partial charge in [-0.1, -0.05) is 0 Å². The molecule has 2 aromatic rings. The highest BCUT2D eigenvalue weighted by Gasteiger charge is 2.44. The van der Waals surface area contributed by atoms with Crippen molar-refractivity contribution in [3.63, 3.8) is 0 Å². The number of anilines is 2. The van der Waals surface area contributed by atoms with Gasteiger partial charge in [0, 0.05) is 11.8 Å². The van der Waals surface area contributed by atoms with Crippen LogP contribution in [0.5, 0.6) is 5.75 Å². The molecule has 13 nitrogen and oxygen atoms in total. The molecule has 0 aliphatic carbocycles. The number of hydrogen-bond acceptors (Lipinski definition) is 11. The summed E-state index contributed by atoms with van der Waals surface area (Å²) in [5, 5.41) is 63.6. The predicted molar refractivity (Wildman–Crippen MR) is 104 cm³/mol. The first-order valence-electron chi connectivity index (χ1n) is 8.98. The molecule has 13 heteroatoms. The average Bonchev–Trinajstić information content (AvgIpc) is 2.75. The Kier molecular flexibility index (Phi) is 6.62. The highest BCUT2D eigenvalue weighted by Crippen LogP contribution is 2.32. The van der Waals surface area contributed by atoms with E-state index in [9.17, 15) is 40.7 Å². The molecule has 0 spiro atoms. The Morgan fingerprint density at radius 3 is 2.23 bits per heavy atom. The van der Waals surface area contributed by atoms with Crippen LogP contribution in [0, 0.1) is 20.2 Å². The summed E-state index contributed by atoms with van der Waals surface area (Å²) in [6.07, 6.45) is -7.14. The molecule has 1 fully saturated rings. The summed E-state index contributed by atoms with van der Waals surface area (Å²) in [4.78, 5) is 20.6. The second-order valence-electron chi connectivity index (χ2n) is 6.68. The number of nitro benzene ring substituents is 2. The number of nitrogens with zero attached hydrogens (tertiary/aromatic N) is 2. The van der Waals surface area contributed by atoms with E-state index in [0.717, 1.165) is 12.1 Å². The van der Waals surface area contributed by atoms with Crippen LogP contribution in [0.3, 0.4) is 0 Å². The van der Waals surface area contributed by atoms with Crippen molar-refractivity contribution in [3.05, 3.63) is 62.7 Å². The zero-order valence-corrected chi connectivity index (χ0v) is 15.8. The molecule has 0 saturated carbocycles. The monoisotopic (exact) mass is 437 g/mol. The van der Waals surface area contributed by atoms with Crippen LogP contribution in [-0.2, 0) is 4.74 Å².